The van der Waals surface area contributed by atoms with E-state index in [1.807, 2.05) is 37.3 Å². The summed E-state index contributed by atoms with van der Waals surface area (Å²) < 4.78 is 12.1. The third-order valence-electron chi connectivity index (χ3n) is 2.06. The number of pyridine rings is 1. The van der Waals surface area contributed by atoms with Crippen molar-refractivity contribution in [2.45, 2.75) is 6.92 Å². The van der Waals surface area contributed by atoms with Gasteiger partial charge in [-0.25, -0.2) is 0 Å². The van der Waals surface area contributed by atoms with E-state index in [4.69, 9.17) is 9.47 Å². The monoisotopic (exact) mass is 293 g/mol. The van der Waals surface area contributed by atoms with Crippen LogP contribution < -0.4 is 9.47 Å². The maximum atomic E-state index is 5.73. The molecule has 0 amide bonds. The van der Waals surface area contributed by atoms with Crippen LogP contribution in [0.2, 0.25) is 0 Å². The minimum atomic E-state index is 0.608. The molecule has 88 valence electrons. The first kappa shape index (κ1) is 11.9. The van der Waals surface area contributed by atoms with Gasteiger partial charge in [0.05, 0.1) is 12.8 Å². The number of benzene rings is 1. The molecule has 0 atom stereocenters. The van der Waals surface area contributed by atoms with Gasteiger partial charge >= 0.3 is 0 Å². The SMILES string of the molecule is CCOc1ccccc1Oc1cncc(Br)c1. The van der Waals surface area contributed by atoms with E-state index in [1.54, 1.807) is 12.4 Å². The Labute approximate surface area is 109 Å². The van der Waals surface area contributed by atoms with Gasteiger partial charge in [0.25, 0.3) is 0 Å². The molecule has 0 spiro atoms. The predicted octanol–water partition coefficient (Wildman–Crippen LogP) is 4.04. The van der Waals surface area contributed by atoms with Crippen molar-refractivity contribution in [1.82, 2.24) is 4.98 Å². The minimum Gasteiger partial charge on any atom is -0.490 e. The fourth-order valence-electron chi connectivity index (χ4n) is 1.38. The van der Waals surface area contributed by atoms with E-state index in [-0.39, 0.29) is 0 Å². The molecule has 3 nitrogen and oxygen atoms in total. The molecule has 1 aromatic carbocycles. The van der Waals surface area contributed by atoms with Gasteiger partial charge in [0, 0.05) is 10.7 Å². The second-order valence-corrected chi connectivity index (χ2v) is 4.24. The van der Waals surface area contributed by atoms with E-state index in [0.29, 0.717) is 18.1 Å². The number of aromatic nitrogens is 1. The first-order chi connectivity index (χ1) is 8.29. The normalized spacial score (nSPS) is 10.0. The molecule has 0 saturated carbocycles. The third-order valence-corrected chi connectivity index (χ3v) is 2.49. The third kappa shape index (κ3) is 3.20. The highest BCUT2D eigenvalue weighted by Crippen LogP contribution is 2.31. The van der Waals surface area contributed by atoms with E-state index in [2.05, 4.69) is 20.9 Å². The maximum absolute atomic E-state index is 5.73. The lowest BCUT2D eigenvalue weighted by Crippen LogP contribution is -1.94. The molecular weight excluding hydrogens is 282 g/mol. The van der Waals surface area contributed by atoms with Crippen LogP contribution in [-0.4, -0.2) is 11.6 Å². The van der Waals surface area contributed by atoms with Crippen LogP contribution in [0.1, 0.15) is 6.92 Å². The van der Waals surface area contributed by atoms with Crippen LogP contribution in [0.25, 0.3) is 0 Å². The summed E-state index contributed by atoms with van der Waals surface area (Å²) in [5.74, 6) is 2.09. The van der Waals surface area contributed by atoms with Crippen LogP contribution in [-0.2, 0) is 0 Å². The summed E-state index contributed by atoms with van der Waals surface area (Å²) in [6.45, 7) is 2.55. The van der Waals surface area contributed by atoms with Crippen molar-refractivity contribution in [2.24, 2.45) is 0 Å². The average Bonchev–Trinajstić information content (AvgIpc) is 2.32. The minimum absolute atomic E-state index is 0.608. The standard InChI is InChI=1S/C13H12BrNO2/c1-2-16-12-5-3-4-6-13(12)17-11-7-10(14)8-15-9-11/h3-9H,2H2,1H3. The van der Waals surface area contributed by atoms with Crippen LogP contribution in [0.4, 0.5) is 0 Å². The first-order valence-electron chi connectivity index (χ1n) is 5.30. The molecule has 0 radical (unpaired) electrons. The topological polar surface area (TPSA) is 31.4 Å². The molecule has 0 aliphatic heterocycles. The van der Waals surface area contributed by atoms with Gasteiger partial charge in [-0.15, -0.1) is 0 Å². The Balaban J connectivity index is 2.23. The molecule has 0 aliphatic carbocycles. The average molecular weight is 294 g/mol. The quantitative estimate of drug-likeness (QED) is 0.853. The molecular formula is C13H12BrNO2. The summed E-state index contributed by atoms with van der Waals surface area (Å²) in [5, 5.41) is 0. The van der Waals surface area contributed by atoms with Gasteiger partial charge in [-0.3, -0.25) is 4.98 Å². The Kier molecular flexibility index (Phi) is 3.98. The molecule has 2 aromatic rings. The number of rotatable bonds is 4. The molecule has 0 aliphatic rings. The molecule has 4 heteroatoms. The van der Waals surface area contributed by atoms with Crippen molar-refractivity contribution in [3.8, 4) is 17.2 Å². The molecule has 17 heavy (non-hydrogen) atoms. The molecule has 0 bridgehead atoms. The van der Waals surface area contributed by atoms with Crippen molar-refractivity contribution in [2.75, 3.05) is 6.61 Å². The van der Waals surface area contributed by atoms with Crippen LogP contribution in [0.5, 0.6) is 17.2 Å². The number of hydrogen-bond donors (Lipinski definition) is 0. The van der Waals surface area contributed by atoms with Crippen molar-refractivity contribution >= 4 is 15.9 Å². The van der Waals surface area contributed by atoms with Gasteiger partial charge in [0.2, 0.25) is 0 Å². The van der Waals surface area contributed by atoms with E-state index < -0.39 is 0 Å². The fourth-order valence-corrected chi connectivity index (χ4v) is 1.73. The van der Waals surface area contributed by atoms with E-state index >= 15 is 0 Å². The van der Waals surface area contributed by atoms with Crippen LogP contribution >= 0.6 is 15.9 Å². The molecule has 2 rings (SSSR count). The van der Waals surface area contributed by atoms with Crippen LogP contribution in [0.3, 0.4) is 0 Å². The lowest BCUT2D eigenvalue weighted by atomic mass is 10.3. The van der Waals surface area contributed by atoms with Gasteiger partial charge in [0.1, 0.15) is 5.75 Å². The zero-order valence-corrected chi connectivity index (χ0v) is 11.0. The summed E-state index contributed by atoms with van der Waals surface area (Å²) in [4.78, 5) is 4.04. The van der Waals surface area contributed by atoms with Crippen LogP contribution in [0.15, 0.2) is 47.2 Å². The summed E-state index contributed by atoms with van der Waals surface area (Å²) in [7, 11) is 0. The first-order valence-corrected chi connectivity index (χ1v) is 6.09. The Morgan fingerprint density at radius 3 is 2.65 bits per heavy atom. The predicted molar refractivity (Wildman–Crippen MR) is 69.6 cm³/mol. The number of ether oxygens (including phenoxy) is 2. The van der Waals surface area contributed by atoms with Crippen molar-refractivity contribution in [1.29, 1.82) is 0 Å². The highest BCUT2D eigenvalue weighted by atomic mass is 79.9. The van der Waals surface area contributed by atoms with Crippen molar-refractivity contribution < 1.29 is 9.47 Å². The number of halogens is 1. The highest BCUT2D eigenvalue weighted by molar-refractivity contribution is 9.10. The lowest BCUT2D eigenvalue weighted by molar-refractivity contribution is 0.321. The van der Waals surface area contributed by atoms with Gasteiger partial charge < -0.3 is 9.47 Å². The van der Waals surface area contributed by atoms with Crippen molar-refractivity contribution in [3.05, 3.63) is 47.2 Å². The molecule has 0 N–H and O–H groups in total. The van der Waals surface area contributed by atoms with Crippen LogP contribution in [0, 0.1) is 0 Å². The van der Waals surface area contributed by atoms with E-state index in [1.165, 1.54) is 0 Å². The Morgan fingerprint density at radius 2 is 1.94 bits per heavy atom. The number of hydrogen-bond acceptors (Lipinski definition) is 3. The molecule has 1 heterocycles. The lowest BCUT2D eigenvalue weighted by Gasteiger charge is -2.10. The number of nitrogens with zero attached hydrogens (tertiary/aromatic N) is 1. The summed E-state index contributed by atoms with van der Waals surface area (Å²) >= 11 is 3.35. The molecule has 1 aromatic heterocycles. The highest BCUT2D eigenvalue weighted by Gasteiger charge is 2.05. The molecule has 0 unspecified atom stereocenters. The Hall–Kier alpha value is -1.55. The molecule has 0 fully saturated rings. The Bertz CT molecular complexity index is 502. The largest absolute Gasteiger partial charge is 0.490 e. The summed E-state index contributed by atoms with van der Waals surface area (Å²) in [6.07, 6.45) is 3.37. The second kappa shape index (κ2) is 5.68. The van der Waals surface area contributed by atoms with Crippen molar-refractivity contribution in [3.63, 3.8) is 0 Å². The van der Waals surface area contributed by atoms with Gasteiger partial charge in [-0.1, -0.05) is 12.1 Å². The number of para-hydroxylation sites is 2. The molecule has 0 saturated heterocycles. The fraction of sp³-hybridized carbons (Fsp3) is 0.154. The van der Waals surface area contributed by atoms with Gasteiger partial charge in [-0.05, 0) is 41.1 Å². The smallest absolute Gasteiger partial charge is 0.169 e. The zero-order chi connectivity index (χ0) is 12.1. The summed E-state index contributed by atoms with van der Waals surface area (Å²) in [6, 6.07) is 9.42. The van der Waals surface area contributed by atoms with E-state index in [9.17, 15) is 0 Å². The summed E-state index contributed by atoms with van der Waals surface area (Å²) in [5.41, 5.74) is 0. The van der Waals surface area contributed by atoms with Gasteiger partial charge in [-0.2, -0.15) is 0 Å². The second-order valence-electron chi connectivity index (χ2n) is 3.32. The van der Waals surface area contributed by atoms with E-state index in [0.717, 1.165) is 10.2 Å². The zero-order valence-electron chi connectivity index (χ0n) is 9.39. The maximum Gasteiger partial charge on any atom is 0.169 e. The van der Waals surface area contributed by atoms with Gasteiger partial charge in [0.15, 0.2) is 11.5 Å². The Morgan fingerprint density at radius 1 is 1.18 bits per heavy atom.